The third-order valence-corrected chi connectivity index (χ3v) is 5.75. The molecule has 114 valence electrons. The maximum atomic E-state index is 6.48. The van der Waals surface area contributed by atoms with Gasteiger partial charge < -0.3 is 10.2 Å². The van der Waals surface area contributed by atoms with Crippen LogP contribution in [-0.2, 0) is 11.4 Å². The number of fused-ring (bicyclic) bond motifs is 1. The van der Waals surface area contributed by atoms with E-state index in [1.54, 1.807) is 6.07 Å². The number of rotatable bonds is 2. The van der Waals surface area contributed by atoms with Crippen molar-refractivity contribution in [2.75, 3.05) is 18.5 Å². The maximum Gasteiger partial charge on any atom is 0.131 e. The summed E-state index contributed by atoms with van der Waals surface area (Å²) in [5, 5.41) is 4.63. The minimum absolute atomic E-state index is 0.375. The number of piperidine rings is 1. The van der Waals surface area contributed by atoms with Gasteiger partial charge in [0.2, 0.25) is 0 Å². The Balaban J connectivity index is 2.03. The molecule has 0 aliphatic carbocycles. The zero-order valence-corrected chi connectivity index (χ0v) is 14.6. The van der Waals surface area contributed by atoms with E-state index in [1.807, 2.05) is 7.05 Å². The first-order valence-corrected chi connectivity index (χ1v) is 8.57. The molecular formula is C14H18Cl2N4S. The first kappa shape index (κ1) is 15.3. The average molecular weight is 345 g/mol. The Morgan fingerprint density at radius 2 is 1.95 bits per heavy atom. The summed E-state index contributed by atoms with van der Waals surface area (Å²) in [7, 11) is 2.03. The van der Waals surface area contributed by atoms with Gasteiger partial charge in [0.15, 0.2) is 0 Å². The summed E-state index contributed by atoms with van der Waals surface area (Å²) in [5.74, 6) is 0.525. The van der Waals surface area contributed by atoms with Gasteiger partial charge in [0.1, 0.15) is 11.4 Å². The highest BCUT2D eigenvalue weighted by molar-refractivity contribution is 7.58. The molecule has 0 saturated carbocycles. The summed E-state index contributed by atoms with van der Waals surface area (Å²) < 4.78 is 8.71. The highest BCUT2D eigenvalue weighted by Crippen LogP contribution is 2.50. The summed E-state index contributed by atoms with van der Waals surface area (Å²) >= 11 is 13.9. The number of hydrogen-bond acceptors (Lipinski definition) is 4. The lowest BCUT2D eigenvalue weighted by Gasteiger charge is -2.44. The molecule has 0 bridgehead atoms. The second-order valence-corrected chi connectivity index (χ2v) is 6.97. The number of hydrogen-bond donors (Lipinski definition) is 1. The zero-order chi connectivity index (χ0) is 15.1. The molecule has 1 N–H and O–H groups in total. The van der Waals surface area contributed by atoms with Gasteiger partial charge in [0.25, 0.3) is 0 Å². The Kier molecular flexibility index (Phi) is 4.28. The normalized spacial score (nSPS) is 27.7. The molecule has 1 fully saturated rings. The van der Waals surface area contributed by atoms with E-state index >= 15 is 0 Å². The van der Waals surface area contributed by atoms with Crippen LogP contribution in [-0.4, -0.2) is 25.7 Å². The van der Waals surface area contributed by atoms with Crippen LogP contribution in [0.1, 0.15) is 20.3 Å². The number of nitrogens with one attached hydrogen (secondary N) is 1. The van der Waals surface area contributed by atoms with Gasteiger partial charge in [-0.2, -0.15) is 8.73 Å². The van der Waals surface area contributed by atoms with Gasteiger partial charge >= 0.3 is 0 Å². The van der Waals surface area contributed by atoms with Crippen LogP contribution in [0.3, 0.4) is 0 Å². The fourth-order valence-electron chi connectivity index (χ4n) is 3.22. The Morgan fingerprint density at radius 1 is 1.24 bits per heavy atom. The van der Waals surface area contributed by atoms with Crippen molar-refractivity contribution >= 4 is 51.6 Å². The van der Waals surface area contributed by atoms with E-state index in [9.17, 15) is 0 Å². The van der Waals surface area contributed by atoms with Crippen LogP contribution in [0.2, 0.25) is 10.0 Å². The van der Waals surface area contributed by atoms with Crippen molar-refractivity contribution in [3.63, 3.8) is 0 Å². The molecule has 3 unspecified atom stereocenters. The zero-order valence-electron chi connectivity index (χ0n) is 12.2. The molecule has 1 aromatic carbocycles. The second kappa shape index (κ2) is 5.88. The lowest BCUT2D eigenvalue weighted by molar-refractivity contribution is 0.283. The summed E-state index contributed by atoms with van der Waals surface area (Å²) in [6, 6.07) is 2.69. The third-order valence-electron chi connectivity index (χ3n) is 4.64. The third kappa shape index (κ3) is 2.50. The van der Waals surface area contributed by atoms with Crippen molar-refractivity contribution in [1.82, 2.24) is 5.32 Å². The standard InChI is InChI=1S/C14H18Cl2N4S/c1-7-8(2)20(5-4-11(7)17-3)14-10(16)6-9(15)12-13(14)19-21-18-12/h6-8,11,17H,4-5H2,1-3H3. The molecule has 7 heteroatoms. The number of nitrogens with zero attached hydrogens (tertiary/aromatic N) is 3. The minimum atomic E-state index is 0.375. The van der Waals surface area contributed by atoms with Gasteiger partial charge in [-0.05, 0) is 32.4 Å². The van der Waals surface area contributed by atoms with Crippen molar-refractivity contribution in [3.8, 4) is 0 Å². The van der Waals surface area contributed by atoms with E-state index in [4.69, 9.17) is 23.2 Å². The van der Waals surface area contributed by atoms with Crippen LogP contribution in [0.5, 0.6) is 0 Å². The molecule has 0 spiro atoms. The monoisotopic (exact) mass is 344 g/mol. The summed E-state index contributed by atoms with van der Waals surface area (Å²) in [5.41, 5.74) is 2.54. The van der Waals surface area contributed by atoms with Gasteiger partial charge in [-0.15, -0.1) is 0 Å². The fourth-order valence-corrected chi connectivity index (χ4v) is 4.44. The Hall–Kier alpha value is -0.620. The number of anilines is 1. The molecule has 3 atom stereocenters. The highest BCUT2D eigenvalue weighted by atomic mass is 35.5. The highest BCUT2D eigenvalue weighted by Gasteiger charge is 2.35. The first-order chi connectivity index (χ1) is 10.0. The molecule has 2 aliphatic rings. The minimum Gasteiger partial charge on any atom is -0.365 e. The van der Waals surface area contributed by atoms with Crippen LogP contribution < -0.4 is 10.2 Å². The fraction of sp³-hybridized carbons (Fsp3) is 0.571. The quantitative estimate of drug-likeness (QED) is 0.868. The summed E-state index contributed by atoms with van der Waals surface area (Å²) in [6.45, 7) is 5.47. The van der Waals surface area contributed by atoms with Gasteiger partial charge in [-0.3, -0.25) is 0 Å². The maximum absolute atomic E-state index is 6.48. The van der Waals surface area contributed by atoms with E-state index in [0.29, 0.717) is 28.0 Å². The Morgan fingerprint density at radius 3 is 2.67 bits per heavy atom. The average Bonchev–Trinajstić information content (AvgIpc) is 2.93. The summed E-state index contributed by atoms with van der Waals surface area (Å²) in [6.07, 6.45) is 1.08. The van der Waals surface area contributed by atoms with Crippen molar-refractivity contribution in [3.05, 3.63) is 16.1 Å². The lowest BCUT2D eigenvalue weighted by Crippen LogP contribution is -2.52. The number of benzene rings is 1. The van der Waals surface area contributed by atoms with Crippen molar-refractivity contribution in [2.45, 2.75) is 32.4 Å². The first-order valence-electron chi connectivity index (χ1n) is 7.08. The van der Waals surface area contributed by atoms with Crippen molar-refractivity contribution < 1.29 is 0 Å². The van der Waals surface area contributed by atoms with E-state index in [2.05, 4.69) is 32.8 Å². The topological polar surface area (TPSA) is 40.0 Å². The largest absolute Gasteiger partial charge is 0.365 e. The van der Waals surface area contributed by atoms with Crippen LogP contribution in [0, 0.1) is 5.92 Å². The summed E-state index contributed by atoms with van der Waals surface area (Å²) in [4.78, 5) is 2.35. The molecule has 1 aromatic rings. The van der Waals surface area contributed by atoms with Crippen LogP contribution >= 0.6 is 23.2 Å². The lowest BCUT2D eigenvalue weighted by atomic mass is 9.86. The Bertz CT molecular complexity index is 642. The van der Waals surface area contributed by atoms with Gasteiger partial charge in [-0.1, -0.05) is 30.1 Å². The molecule has 1 saturated heterocycles. The van der Waals surface area contributed by atoms with Crippen LogP contribution in [0.25, 0.3) is 0 Å². The number of halogens is 2. The predicted molar refractivity (Wildman–Crippen MR) is 91.4 cm³/mol. The molecule has 2 aliphatic heterocycles. The second-order valence-electron chi connectivity index (χ2n) is 5.63. The molecule has 21 heavy (non-hydrogen) atoms. The molecule has 0 radical (unpaired) electrons. The molecule has 4 nitrogen and oxygen atoms in total. The van der Waals surface area contributed by atoms with E-state index in [1.165, 1.54) is 11.4 Å². The van der Waals surface area contributed by atoms with Gasteiger partial charge in [0.05, 0.1) is 27.1 Å². The smallest absolute Gasteiger partial charge is 0.131 e. The molecule has 3 rings (SSSR count). The SMILES string of the molecule is CNC1CCN(c2c(Cl)cc(Cl)c3c2N=S=N3)C(C)C1C. The molecule has 0 amide bonds. The van der Waals surface area contributed by atoms with Crippen LogP contribution in [0.15, 0.2) is 14.8 Å². The van der Waals surface area contributed by atoms with Gasteiger partial charge in [-0.25, -0.2) is 0 Å². The van der Waals surface area contributed by atoms with E-state index < -0.39 is 0 Å². The van der Waals surface area contributed by atoms with Crippen molar-refractivity contribution in [2.24, 2.45) is 14.6 Å². The van der Waals surface area contributed by atoms with Gasteiger partial charge in [0, 0.05) is 18.6 Å². The van der Waals surface area contributed by atoms with Crippen LogP contribution in [0.4, 0.5) is 17.1 Å². The predicted octanol–water partition coefficient (Wildman–Crippen LogP) is 4.54. The Labute approximate surface area is 138 Å². The van der Waals surface area contributed by atoms with Crippen molar-refractivity contribution in [1.29, 1.82) is 0 Å². The van der Waals surface area contributed by atoms with E-state index in [-0.39, 0.29) is 0 Å². The molecule has 2 heterocycles. The molecule has 0 aromatic heterocycles. The van der Waals surface area contributed by atoms with E-state index in [0.717, 1.165) is 30.0 Å². The molecular weight excluding hydrogens is 327 g/mol.